The van der Waals surface area contributed by atoms with Gasteiger partial charge in [-0.1, -0.05) is 46.6 Å². The zero-order valence-corrected chi connectivity index (χ0v) is 15.7. The lowest BCUT2D eigenvalue weighted by Gasteiger charge is -2.11. The fourth-order valence-corrected chi connectivity index (χ4v) is 3.65. The summed E-state index contributed by atoms with van der Waals surface area (Å²) < 4.78 is 5.55. The number of hydrogen-bond acceptors (Lipinski definition) is 5. The van der Waals surface area contributed by atoms with E-state index in [2.05, 4.69) is 10.3 Å². The maximum absolute atomic E-state index is 12.1. The van der Waals surface area contributed by atoms with Crippen LogP contribution in [0, 0.1) is 0 Å². The molecule has 0 unspecified atom stereocenters. The van der Waals surface area contributed by atoms with Crippen LogP contribution in [0.1, 0.15) is 16.8 Å². The molecule has 9 heteroatoms. The fourth-order valence-electron chi connectivity index (χ4n) is 2.14. The molecule has 1 saturated heterocycles. The van der Waals surface area contributed by atoms with Gasteiger partial charge in [0.2, 0.25) is 11.0 Å². The molecule has 1 amide bonds. The maximum Gasteiger partial charge on any atom is 0.253 e. The van der Waals surface area contributed by atoms with Gasteiger partial charge in [-0.2, -0.15) is 0 Å². The minimum Gasteiger partial charge on any atom is -0.437 e. The van der Waals surface area contributed by atoms with E-state index >= 15 is 0 Å². The number of amides is 1. The molecule has 2 heterocycles. The van der Waals surface area contributed by atoms with Crippen molar-refractivity contribution in [3.63, 3.8) is 0 Å². The summed E-state index contributed by atoms with van der Waals surface area (Å²) in [5, 5.41) is 3.58. The Bertz CT molecular complexity index is 830. The molecular formula is C16H11Cl3N2O3S. The van der Waals surface area contributed by atoms with E-state index in [1.165, 1.54) is 36.2 Å². The Morgan fingerprint density at radius 3 is 2.60 bits per heavy atom. The molecule has 1 N–H and O–H groups in total. The van der Waals surface area contributed by atoms with E-state index in [0.717, 1.165) is 5.75 Å². The van der Waals surface area contributed by atoms with E-state index in [1.54, 1.807) is 6.07 Å². The molecule has 5 nitrogen and oxygen atoms in total. The minimum absolute atomic E-state index is 0.0180. The monoisotopic (exact) mass is 416 g/mol. The molecule has 0 saturated carbocycles. The van der Waals surface area contributed by atoms with Gasteiger partial charge in [-0.3, -0.25) is 9.59 Å². The van der Waals surface area contributed by atoms with Crippen molar-refractivity contribution in [3.05, 3.63) is 51.1 Å². The smallest absolute Gasteiger partial charge is 0.253 e. The zero-order valence-electron chi connectivity index (χ0n) is 12.6. The number of halogens is 3. The molecule has 1 fully saturated rings. The lowest BCUT2D eigenvalue weighted by molar-refractivity contribution is -0.112. The van der Waals surface area contributed by atoms with Gasteiger partial charge < -0.3 is 10.1 Å². The Hall–Kier alpha value is -1.47. The Morgan fingerprint density at radius 1 is 1.20 bits per heavy atom. The predicted octanol–water partition coefficient (Wildman–Crippen LogP) is 4.60. The SMILES string of the molecule is O=C(N[C@@H]1CCSC1=O)c1ccc(Oc2cc(Cl)c(Cl)cc2Cl)nc1. The van der Waals surface area contributed by atoms with E-state index in [4.69, 9.17) is 39.5 Å². The molecule has 3 rings (SSSR count). The molecule has 25 heavy (non-hydrogen) atoms. The molecule has 1 aliphatic rings. The van der Waals surface area contributed by atoms with Crippen LogP contribution in [-0.4, -0.2) is 27.8 Å². The number of nitrogens with zero attached hydrogens (tertiary/aromatic N) is 1. The Labute approximate surface area is 163 Å². The number of nitrogens with one attached hydrogen (secondary N) is 1. The topological polar surface area (TPSA) is 68.3 Å². The Morgan fingerprint density at radius 2 is 1.96 bits per heavy atom. The van der Waals surface area contributed by atoms with Crippen molar-refractivity contribution in [3.8, 4) is 11.6 Å². The van der Waals surface area contributed by atoms with Crippen LogP contribution in [0.15, 0.2) is 30.5 Å². The predicted molar refractivity (Wildman–Crippen MR) is 99.1 cm³/mol. The Balaban J connectivity index is 1.69. The highest BCUT2D eigenvalue weighted by Crippen LogP contribution is 2.35. The molecule has 1 aromatic heterocycles. The van der Waals surface area contributed by atoms with E-state index in [-0.39, 0.29) is 21.9 Å². The van der Waals surface area contributed by atoms with Crippen LogP contribution in [0.4, 0.5) is 0 Å². The standard InChI is InChI=1S/C16H11Cl3N2O3S/c17-9-5-11(19)13(6-10(9)18)24-14-2-1-8(7-20-14)15(22)21-12-3-4-25-16(12)23/h1-2,5-7,12H,3-4H2,(H,21,22)/t12-/m1/s1. The molecule has 1 aliphatic heterocycles. The lowest BCUT2D eigenvalue weighted by Crippen LogP contribution is -2.37. The number of ether oxygens (including phenoxy) is 1. The van der Waals surface area contributed by atoms with Gasteiger partial charge >= 0.3 is 0 Å². The molecule has 0 aliphatic carbocycles. The average Bonchev–Trinajstić information content (AvgIpc) is 2.98. The van der Waals surface area contributed by atoms with E-state index < -0.39 is 6.04 Å². The van der Waals surface area contributed by atoms with Crippen LogP contribution >= 0.6 is 46.6 Å². The summed E-state index contributed by atoms with van der Waals surface area (Å²) in [6.07, 6.45) is 2.00. The molecule has 0 radical (unpaired) electrons. The lowest BCUT2D eigenvalue weighted by atomic mass is 10.2. The summed E-state index contributed by atoms with van der Waals surface area (Å²) in [7, 11) is 0. The number of hydrogen-bond donors (Lipinski definition) is 1. The number of carbonyl (C=O) groups is 2. The van der Waals surface area contributed by atoms with Crippen LogP contribution in [-0.2, 0) is 4.79 Å². The summed E-state index contributed by atoms with van der Waals surface area (Å²) in [5.41, 5.74) is 0.331. The number of carbonyl (C=O) groups excluding carboxylic acids is 2. The van der Waals surface area contributed by atoms with Gasteiger partial charge in [-0.15, -0.1) is 0 Å². The van der Waals surface area contributed by atoms with Crippen LogP contribution in [0.5, 0.6) is 11.6 Å². The highest BCUT2D eigenvalue weighted by atomic mass is 35.5. The van der Waals surface area contributed by atoms with Crippen molar-refractivity contribution in [2.75, 3.05) is 5.75 Å². The quantitative estimate of drug-likeness (QED) is 0.737. The first kappa shape index (κ1) is 18.3. The van der Waals surface area contributed by atoms with Crippen molar-refractivity contribution in [1.29, 1.82) is 0 Å². The van der Waals surface area contributed by atoms with Crippen molar-refractivity contribution >= 4 is 57.6 Å². The summed E-state index contributed by atoms with van der Waals surface area (Å²) in [6.45, 7) is 0. The van der Waals surface area contributed by atoms with Crippen molar-refractivity contribution in [2.24, 2.45) is 0 Å². The van der Waals surface area contributed by atoms with E-state index in [0.29, 0.717) is 27.8 Å². The molecule has 0 bridgehead atoms. The van der Waals surface area contributed by atoms with Gasteiger partial charge in [0.05, 0.1) is 26.7 Å². The van der Waals surface area contributed by atoms with E-state index in [9.17, 15) is 9.59 Å². The van der Waals surface area contributed by atoms with Crippen LogP contribution in [0.3, 0.4) is 0 Å². The molecular weight excluding hydrogens is 407 g/mol. The van der Waals surface area contributed by atoms with Gasteiger partial charge in [-0.05, 0) is 18.6 Å². The van der Waals surface area contributed by atoms with Gasteiger partial charge in [0, 0.05) is 24.1 Å². The number of aromatic nitrogens is 1. The second-order valence-corrected chi connectivity index (χ2v) is 7.49. The third-order valence-electron chi connectivity index (χ3n) is 3.43. The summed E-state index contributed by atoms with van der Waals surface area (Å²) in [4.78, 5) is 27.8. The normalized spacial score (nSPS) is 16.8. The number of rotatable bonds is 4. The first-order chi connectivity index (χ1) is 11.9. The van der Waals surface area contributed by atoms with Crippen LogP contribution in [0.2, 0.25) is 15.1 Å². The van der Waals surface area contributed by atoms with Crippen molar-refractivity contribution < 1.29 is 14.3 Å². The van der Waals surface area contributed by atoms with Crippen LogP contribution < -0.4 is 10.1 Å². The zero-order chi connectivity index (χ0) is 18.0. The second-order valence-electron chi connectivity index (χ2n) is 5.17. The molecule has 0 spiro atoms. The largest absolute Gasteiger partial charge is 0.437 e. The highest BCUT2D eigenvalue weighted by molar-refractivity contribution is 8.14. The third kappa shape index (κ3) is 4.39. The van der Waals surface area contributed by atoms with Crippen molar-refractivity contribution in [1.82, 2.24) is 10.3 Å². The average molecular weight is 418 g/mol. The fraction of sp³-hybridized carbons (Fsp3) is 0.188. The van der Waals surface area contributed by atoms with Gasteiger partial charge in [-0.25, -0.2) is 4.98 Å². The number of pyridine rings is 1. The first-order valence-electron chi connectivity index (χ1n) is 7.20. The summed E-state index contributed by atoms with van der Waals surface area (Å²) >= 11 is 19.1. The summed E-state index contributed by atoms with van der Waals surface area (Å²) in [6, 6.07) is 5.59. The van der Waals surface area contributed by atoms with Crippen molar-refractivity contribution in [2.45, 2.75) is 12.5 Å². The molecule has 1 atom stereocenters. The van der Waals surface area contributed by atoms with Gasteiger partial charge in [0.25, 0.3) is 5.91 Å². The third-order valence-corrected chi connectivity index (χ3v) is 5.45. The maximum atomic E-state index is 12.1. The highest BCUT2D eigenvalue weighted by Gasteiger charge is 2.27. The molecule has 130 valence electrons. The first-order valence-corrected chi connectivity index (χ1v) is 9.32. The van der Waals surface area contributed by atoms with Gasteiger partial charge in [0.1, 0.15) is 5.75 Å². The minimum atomic E-state index is -0.441. The second kappa shape index (κ2) is 7.83. The molecule has 2 aromatic rings. The molecule has 1 aromatic carbocycles. The Kier molecular flexibility index (Phi) is 5.74. The van der Waals surface area contributed by atoms with Crippen LogP contribution in [0.25, 0.3) is 0 Å². The number of thioether (sulfide) groups is 1. The van der Waals surface area contributed by atoms with Gasteiger partial charge in [0.15, 0.2) is 0 Å². The summed E-state index contributed by atoms with van der Waals surface area (Å²) in [5.74, 6) is 0.908. The number of benzene rings is 1. The van der Waals surface area contributed by atoms with E-state index in [1.807, 2.05) is 0 Å².